The SMILES string of the molecule is CN(C)CCNCC(O)c1ccc2c(c1)CCCC2. The minimum Gasteiger partial charge on any atom is -0.387 e. The molecule has 0 radical (unpaired) electrons. The number of aliphatic hydroxyl groups is 1. The highest BCUT2D eigenvalue weighted by atomic mass is 16.3. The molecule has 2 rings (SSSR count). The van der Waals surface area contributed by atoms with Gasteiger partial charge in [0.1, 0.15) is 0 Å². The smallest absolute Gasteiger partial charge is 0.0914 e. The van der Waals surface area contributed by atoms with Gasteiger partial charge in [0.15, 0.2) is 0 Å². The molecule has 3 nitrogen and oxygen atoms in total. The summed E-state index contributed by atoms with van der Waals surface area (Å²) in [5.74, 6) is 0. The maximum absolute atomic E-state index is 10.2. The fourth-order valence-electron chi connectivity index (χ4n) is 2.62. The van der Waals surface area contributed by atoms with Crippen molar-refractivity contribution in [1.82, 2.24) is 10.2 Å². The van der Waals surface area contributed by atoms with Crippen LogP contribution in [0.1, 0.15) is 35.6 Å². The Morgan fingerprint density at radius 2 is 1.95 bits per heavy atom. The lowest BCUT2D eigenvalue weighted by Crippen LogP contribution is -2.29. The highest BCUT2D eigenvalue weighted by Crippen LogP contribution is 2.24. The maximum atomic E-state index is 10.2. The number of fused-ring (bicyclic) bond motifs is 1. The topological polar surface area (TPSA) is 35.5 Å². The monoisotopic (exact) mass is 262 g/mol. The maximum Gasteiger partial charge on any atom is 0.0914 e. The van der Waals surface area contributed by atoms with E-state index in [2.05, 4.69) is 42.5 Å². The minimum absolute atomic E-state index is 0.394. The molecule has 1 unspecified atom stereocenters. The van der Waals surface area contributed by atoms with E-state index in [0.29, 0.717) is 6.54 Å². The fourth-order valence-corrected chi connectivity index (χ4v) is 2.62. The van der Waals surface area contributed by atoms with Gasteiger partial charge in [0.05, 0.1) is 6.10 Å². The normalized spacial score (nSPS) is 16.4. The Morgan fingerprint density at radius 1 is 1.21 bits per heavy atom. The molecule has 106 valence electrons. The molecule has 19 heavy (non-hydrogen) atoms. The second-order valence-corrected chi connectivity index (χ2v) is 5.76. The number of benzene rings is 1. The number of likely N-dealkylation sites (N-methyl/N-ethyl adjacent to an activating group) is 1. The van der Waals surface area contributed by atoms with Crippen molar-refractivity contribution in [2.45, 2.75) is 31.8 Å². The molecule has 1 aliphatic rings. The van der Waals surface area contributed by atoms with Crippen molar-refractivity contribution in [2.75, 3.05) is 33.7 Å². The van der Waals surface area contributed by atoms with Gasteiger partial charge in [-0.15, -0.1) is 0 Å². The van der Waals surface area contributed by atoms with E-state index >= 15 is 0 Å². The summed E-state index contributed by atoms with van der Waals surface area (Å²) in [7, 11) is 4.11. The van der Waals surface area contributed by atoms with Crippen molar-refractivity contribution in [2.24, 2.45) is 0 Å². The molecule has 0 bridgehead atoms. The molecule has 1 aromatic rings. The van der Waals surface area contributed by atoms with E-state index in [-0.39, 0.29) is 0 Å². The Morgan fingerprint density at radius 3 is 2.68 bits per heavy atom. The number of hydrogen-bond acceptors (Lipinski definition) is 3. The van der Waals surface area contributed by atoms with Crippen LogP contribution < -0.4 is 5.32 Å². The summed E-state index contributed by atoms with van der Waals surface area (Å²) in [5, 5.41) is 13.5. The summed E-state index contributed by atoms with van der Waals surface area (Å²) in [6.45, 7) is 2.54. The van der Waals surface area contributed by atoms with Gasteiger partial charge in [-0.2, -0.15) is 0 Å². The molecule has 3 heteroatoms. The van der Waals surface area contributed by atoms with Gasteiger partial charge in [0.2, 0.25) is 0 Å². The predicted molar refractivity (Wildman–Crippen MR) is 79.5 cm³/mol. The quantitative estimate of drug-likeness (QED) is 0.767. The van der Waals surface area contributed by atoms with Crippen LogP contribution in [0.5, 0.6) is 0 Å². The van der Waals surface area contributed by atoms with Gasteiger partial charge in [-0.1, -0.05) is 18.2 Å². The molecule has 0 saturated carbocycles. The number of aryl methyl sites for hydroxylation is 2. The van der Waals surface area contributed by atoms with E-state index in [1.165, 1.54) is 36.8 Å². The molecule has 1 aromatic carbocycles. The van der Waals surface area contributed by atoms with Crippen molar-refractivity contribution >= 4 is 0 Å². The van der Waals surface area contributed by atoms with Crippen molar-refractivity contribution in [3.63, 3.8) is 0 Å². The Bertz CT molecular complexity index is 404. The number of rotatable bonds is 6. The molecular weight excluding hydrogens is 236 g/mol. The Labute approximate surface area is 116 Å². The predicted octanol–water partition coefficient (Wildman–Crippen LogP) is 1.75. The third-order valence-corrected chi connectivity index (χ3v) is 3.83. The number of nitrogens with zero attached hydrogens (tertiary/aromatic N) is 1. The molecule has 0 aromatic heterocycles. The molecule has 0 saturated heterocycles. The van der Waals surface area contributed by atoms with E-state index in [1.54, 1.807) is 0 Å². The number of nitrogens with one attached hydrogen (secondary N) is 1. The second-order valence-electron chi connectivity index (χ2n) is 5.76. The summed E-state index contributed by atoms with van der Waals surface area (Å²) >= 11 is 0. The largest absolute Gasteiger partial charge is 0.387 e. The number of aliphatic hydroxyl groups excluding tert-OH is 1. The first-order chi connectivity index (χ1) is 9.16. The summed E-state index contributed by atoms with van der Waals surface area (Å²) < 4.78 is 0. The van der Waals surface area contributed by atoms with Crippen LogP contribution in [-0.2, 0) is 12.8 Å². The lowest BCUT2D eigenvalue weighted by atomic mass is 9.89. The number of hydrogen-bond donors (Lipinski definition) is 2. The van der Waals surface area contributed by atoms with Crippen LogP contribution in [0.2, 0.25) is 0 Å². The van der Waals surface area contributed by atoms with Crippen molar-refractivity contribution < 1.29 is 5.11 Å². The van der Waals surface area contributed by atoms with Crippen LogP contribution in [0.25, 0.3) is 0 Å². The fraction of sp³-hybridized carbons (Fsp3) is 0.625. The van der Waals surface area contributed by atoms with Gasteiger partial charge < -0.3 is 15.3 Å². The van der Waals surface area contributed by atoms with Gasteiger partial charge in [0.25, 0.3) is 0 Å². The molecule has 1 atom stereocenters. The zero-order valence-corrected chi connectivity index (χ0v) is 12.2. The molecule has 1 aliphatic carbocycles. The highest BCUT2D eigenvalue weighted by molar-refractivity contribution is 5.34. The van der Waals surface area contributed by atoms with Crippen molar-refractivity contribution in [3.8, 4) is 0 Å². The third kappa shape index (κ3) is 4.30. The summed E-state index contributed by atoms with van der Waals surface area (Å²) in [5.41, 5.74) is 3.97. The lowest BCUT2D eigenvalue weighted by molar-refractivity contribution is 0.173. The summed E-state index contributed by atoms with van der Waals surface area (Å²) in [6.07, 6.45) is 4.57. The Kier molecular flexibility index (Phi) is 5.37. The molecule has 0 aliphatic heterocycles. The highest BCUT2D eigenvalue weighted by Gasteiger charge is 2.13. The zero-order chi connectivity index (χ0) is 13.7. The molecule has 0 spiro atoms. The summed E-state index contributed by atoms with van der Waals surface area (Å²) in [4.78, 5) is 2.14. The van der Waals surface area contributed by atoms with Crippen molar-refractivity contribution in [3.05, 3.63) is 34.9 Å². The Hall–Kier alpha value is -0.900. The van der Waals surface area contributed by atoms with Crippen LogP contribution >= 0.6 is 0 Å². The van der Waals surface area contributed by atoms with Crippen LogP contribution in [-0.4, -0.2) is 43.7 Å². The minimum atomic E-state index is -0.394. The van der Waals surface area contributed by atoms with E-state index in [0.717, 1.165) is 18.7 Å². The van der Waals surface area contributed by atoms with Crippen molar-refractivity contribution in [1.29, 1.82) is 0 Å². The van der Waals surface area contributed by atoms with E-state index < -0.39 is 6.10 Å². The molecule has 2 N–H and O–H groups in total. The van der Waals surface area contributed by atoms with Crippen LogP contribution in [0, 0.1) is 0 Å². The van der Waals surface area contributed by atoms with Gasteiger partial charge >= 0.3 is 0 Å². The lowest BCUT2D eigenvalue weighted by Gasteiger charge is -2.19. The molecule has 0 fully saturated rings. The second kappa shape index (κ2) is 7.04. The van der Waals surface area contributed by atoms with Crippen LogP contribution in [0.3, 0.4) is 0 Å². The average molecular weight is 262 g/mol. The standard InChI is InChI=1S/C16H26N2O/c1-18(2)10-9-17-12-16(19)15-8-7-13-5-3-4-6-14(13)11-15/h7-8,11,16-17,19H,3-6,9-10,12H2,1-2H3. The van der Waals surface area contributed by atoms with Gasteiger partial charge in [-0.3, -0.25) is 0 Å². The molecule has 0 heterocycles. The van der Waals surface area contributed by atoms with Gasteiger partial charge in [-0.25, -0.2) is 0 Å². The first kappa shape index (κ1) is 14.5. The zero-order valence-electron chi connectivity index (χ0n) is 12.2. The van der Waals surface area contributed by atoms with E-state index in [9.17, 15) is 5.11 Å². The Balaban J connectivity index is 1.86. The average Bonchev–Trinajstić information content (AvgIpc) is 2.42. The van der Waals surface area contributed by atoms with E-state index in [1.807, 2.05) is 0 Å². The molecular formula is C16H26N2O. The molecule has 0 amide bonds. The summed E-state index contributed by atoms with van der Waals surface area (Å²) in [6, 6.07) is 6.49. The first-order valence-corrected chi connectivity index (χ1v) is 7.32. The van der Waals surface area contributed by atoms with Crippen LogP contribution in [0.4, 0.5) is 0 Å². The van der Waals surface area contributed by atoms with E-state index in [4.69, 9.17) is 0 Å². The van der Waals surface area contributed by atoms with Crippen LogP contribution in [0.15, 0.2) is 18.2 Å². The van der Waals surface area contributed by atoms with Gasteiger partial charge in [-0.05, 0) is 56.5 Å². The third-order valence-electron chi connectivity index (χ3n) is 3.83. The van der Waals surface area contributed by atoms with Gasteiger partial charge in [0, 0.05) is 19.6 Å². The first-order valence-electron chi connectivity index (χ1n) is 7.32.